The molecule has 174 valence electrons. The number of nitrogens with zero attached hydrogens (tertiary/aromatic N) is 3. The minimum absolute atomic E-state index is 0.251. The highest BCUT2D eigenvalue weighted by molar-refractivity contribution is 6.06. The van der Waals surface area contributed by atoms with Gasteiger partial charge in [0, 0.05) is 38.1 Å². The zero-order valence-electron chi connectivity index (χ0n) is 20.2. The van der Waals surface area contributed by atoms with Crippen molar-refractivity contribution in [1.29, 1.82) is 0 Å². The lowest BCUT2D eigenvalue weighted by Gasteiger charge is -2.18. The summed E-state index contributed by atoms with van der Waals surface area (Å²) in [6, 6.07) is 28.5. The van der Waals surface area contributed by atoms with Gasteiger partial charge in [-0.3, -0.25) is 0 Å². The smallest absolute Gasteiger partial charge is 0.163 e. The molecular weight excluding hydrogens is 446 g/mol. The molecule has 5 nitrogen and oxygen atoms in total. The van der Waals surface area contributed by atoms with Crippen LogP contribution in [0.1, 0.15) is 26.6 Å². The minimum atomic E-state index is -0.251. The maximum atomic E-state index is 6.12. The Kier molecular flexibility index (Phi) is 4.33. The fraction of sp³-hybridized carbons (Fsp3) is 0.129. The van der Waals surface area contributed by atoms with Crippen LogP contribution in [0.15, 0.2) is 93.8 Å². The second-order valence-corrected chi connectivity index (χ2v) is 10.2. The van der Waals surface area contributed by atoms with Gasteiger partial charge in [0.05, 0.1) is 0 Å². The number of hydrogen-bond donors (Lipinski definition) is 0. The van der Waals surface area contributed by atoms with E-state index in [4.69, 9.17) is 23.8 Å². The number of fused-ring (bicyclic) bond motifs is 6. The Balaban J connectivity index is 1.41. The summed E-state index contributed by atoms with van der Waals surface area (Å²) < 4.78 is 12.2. The molecule has 36 heavy (non-hydrogen) atoms. The molecule has 0 aliphatic carbocycles. The summed E-state index contributed by atoms with van der Waals surface area (Å²) in [7, 11) is 0. The van der Waals surface area contributed by atoms with Crippen molar-refractivity contribution in [3.63, 3.8) is 0 Å². The van der Waals surface area contributed by atoms with E-state index in [1.54, 1.807) is 0 Å². The average Bonchev–Trinajstić information content (AvgIpc) is 3.45. The second-order valence-electron chi connectivity index (χ2n) is 10.2. The maximum Gasteiger partial charge on any atom is 0.163 e. The van der Waals surface area contributed by atoms with Crippen molar-refractivity contribution in [3.05, 3.63) is 90.8 Å². The highest BCUT2D eigenvalue weighted by atomic mass is 16.3. The normalized spacial score (nSPS) is 12.3. The average molecular weight is 470 g/mol. The van der Waals surface area contributed by atoms with Gasteiger partial charge in [0.1, 0.15) is 28.2 Å². The van der Waals surface area contributed by atoms with Crippen molar-refractivity contribution in [2.45, 2.75) is 26.2 Å². The third-order valence-corrected chi connectivity index (χ3v) is 6.58. The van der Waals surface area contributed by atoms with Crippen molar-refractivity contribution in [3.8, 4) is 22.8 Å². The van der Waals surface area contributed by atoms with Crippen molar-refractivity contribution in [2.75, 3.05) is 0 Å². The van der Waals surface area contributed by atoms with Gasteiger partial charge in [-0.05, 0) is 36.4 Å². The van der Waals surface area contributed by atoms with Crippen molar-refractivity contribution < 1.29 is 8.83 Å². The summed E-state index contributed by atoms with van der Waals surface area (Å²) in [4.78, 5) is 14.6. The van der Waals surface area contributed by atoms with Crippen LogP contribution in [0.3, 0.4) is 0 Å². The van der Waals surface area contributed by atoms with Crippen LogP contribution in [-0.2, 0) is 5.41 Å². The van der Waals surface area contributed by atoms with Gasteiger partial charge >= 0.3 is 0 Å². The Morgan fingerprint density at radius 3 is 1.42 bits per heavy atom. The van der Waals surface area contributed by atoms with Crippen molar-refractivity contribution in [2.24, 2.45) is 0 Å². The van der Waals surface area contributed by atoms with Gasteiger partial charge in [-0.2, -0.15) is 0 Å². The Labute approximate surface area is 207 Å². The molecule has 0 saturated carbocycles. The molecule has 3 aromatic heterocycles. The molecule has 0 fully saturated rings. The second kappa shape index (κ2) is 7.49. The lowest BCUT2D eigenvalue weighted by molar-refractivity contribution is 0.543. The molecule has 0 atom stereocenters. The van der Waals surface area contributed by atoms with E-state index in [1.807, 2.05) is 48.5 Å². The number of para-hydroxylation sites is 2. The summed E-state index contributed by atoms with van der Waals surface area (Å²) in [6.45, 7) is 6.34. The topological polar surface area (TPSA) is 65.0 Å². The number of furan rings is 2. The molecule has 0 saturated heterocycles. The Morgan fingerprint density at radius 2 is 0.944 bits per heavy atom. The molecule has 3 heterocycles. The predicted octanol–water partition coefficient (Wildman–Crippen LogP) is 8.30. The van der Waals surface area contributed by atoms with E-state index in [9.17, 15) is 0 Å². The zero-order valence-corrected chi connectivity index (χ0v) is 20.2. The lowest BCUT2D eigenvalue weighted by atomic mass is 9.95. The van der Waals surface area contributed by atoms with Gasteiger partial charge in [0.15, 0.2) is 11.6 Å². The molecule has 5 heteroatoms. The van der Waals surface area contributed by atoms with Gasteiger partial charge in [0.25, 0.3) is 0 Å². The van der Waals surface area contributed by atoms with Gasteiger partial charge in [-0.25, -0.2) is 15.0 Å². The zero-order chi connectivity index (χ0) is 24.4. The molecule has 0 amide bonds. The summed E-state index contributed by atoms with van der Waals surface area (Å²) >= 11 is 0. The van der Waals surface area contributed by atoms with E-state index in [-0.39, 0.29) is 5.41 Å². The first kappa shape index (κ1) is 20.8. The van der Waals surface area contributed by atoms with Gasteiger partial charge in [0.2, 0.25) is 0 Å². The first-order chi connectivity index (χ1) is 17.4. The molecule has 0 aliphatic heterocycles. The summed E-state index contributed by atoms with van der Waals surface area (Å²) in [5.41, 5.74) is 4.90. The molecule has 7 aromatic rings. The minimum Gasteiger partial charge on any atom is -0.456 e. The third kappa shape index (κ3) is 3.28. The van der Waals surface area contributed by atoms with E-state index in [1.165, 1.54) is 0 Å². The fourth-order valence-corrected chi connectivity index (χ4v) is 4.70. The van der Waals surface area contributed by atoms with Crippen LogP contribution < -0.4 is 0 Å². The van der Waals surface area contributed by atoms with Crippen LogP contribution in [0.25, 0.3) is 66.7 Å². The largest absolute Gasteiger partial charge is 0.456 e. The molecule has 0 N–H and O–H groups in total. The first-order valence-corrected chi connectivity index (χ1v) is 12.0. The quantitative estimate of drug-likeness (QED) is 0.255. The highest BCUT2D eigenvalue weighted by Crippen LogP contribution is 2.34. The third-order valence-electron chi connectivity index (χ3n) is 6.58. The van der Waals surface area contributed by atoms with Gasteiger partial charge in [-0.15, -0.1) is 0 Å². The van der Waals surface area contributed by atoms with E-state index < -0.39 is 0 Å². The molecular formula is C31H23N3O2. The van der Waals surface area contributed by atoms with Crippen molar-refractivity contribution >= 4 is 43.9 Å². The molecule has 0 bridgehead atoms. The fourth-order valence-electron chi connectivity index (χ4n) is 4.70. The monoisotopic (exact) mass is 469 g/mol. The van der Waals surface area contributed by atoms with E-state index >= 15 is 0 Å². The van der Waals surface area contributed by atoms with E-state index in [0.717, 1.165) is 60.8 Å². The summed E-state index contributed by atoms with van der Waals surface area (Å²) in [5.74, 6) is 1.98. The molecule has 4 aromatic carbocycles. The van der Waals surface area contributed by atoms with Crippen LogP contribution in [0.4, 0.5) is 0 Å². The molecule has 0 spiro atoms. The Bertz CT molecular complexity index is 1810. The highest BCUT2D eigenvalue weighted by Gasteiger charge is 2.22. The maximum absolute atomic E-state index is 6.12. The van der Waals surface area contributed by atoms with E-state index in [0.29, 0.717) is 11.6 Å². The molecule has 0 unspecified atom stereocenters. The van der Waals surface area contributed by atoms with Crippen LogP contribution >= 0.6 is 0 Å². The molecule has 0 radical (unpaired) electrons. The van der Waals surface area contributed by atoms with Gasteiger partial charge in [-0.1, -0.05) is 69.3 Å². The van der Waals surface area contributed by atoms with Crippen LogP contribution in [0, 0.1) is 0 Å². The number of rotatable bonds is 2. The SMILES string of the molecule is CC(C)(C)c1nc(-c2ccc3c(c2)oc2ccccc23)nc(-c2ccc3c(c2)oc2ccccc23)n1. The van der Waals surface area contributed by atoms with E-state index in [2.05, 4.69) is 57.2 Å². The van der Waals surface area contributed by atoms with Gasteiger partial charge < -0.3 is 8.83 Å². The Morgan fingerprint density at radius 1 is 0.500 bits per heavy atom. The van der Waals surface area contributed by atoms with Crippen LogP contribution in [-0.4, -0.2) is 15.0 Å². The van der Waals surface area contributed by atoms with Crippen molar-refractivity contribution in [1.82, 2.24) is 15.0 Å². The summed E-state index contributed by atoms with van der Waals surface area (Å²) in [5, 5.41) is 4.36. The predicted molar refractivity (Wildman–Crippen MR) is 144 cm³/mol. The van der Waals surface area contributed by atoms with Crippen LogP contribution in [0.5, 0.6) is 0 Å². The number of aromatic nitrogens is 3. The molecule has 0 aliphatic rings. The Hall–Kier alpha value is -4.51. The summed E-state index contributed by atoms with van der Waals surface area (Å²) in [6.07, 6.45) is 0. The first-order valence-electron chi connectivity index (χ1n) is 12.0. The lowest BCUT2D eigenvalue weighted by Crippen LogP contribution is -2.18. The molecule has 7 rings (SSSR count). The number of benzene rings is 4. The van der Waals surface area contributed by atoms with Crippen LogP contribution in [0.2, 0.25) is 0 Å². The number of hydrogen-bond acceptors (Lipinski definition) is 5. The standard InChI is InChI=1S/C31H23N3O2/c1-31(2,3)30-33-28(18-12-14-22-20-8-4-6-10-24(20)35-26(22)16-18)32-29(34-30)19-13-15-23-21-9-5-7-11-25(21)36-27(23)17-19/h4-17H,1-3H3.